The van der Waals surface area contributed by atoms with Gasteiger partial charge < -0.3 is 19.9 Å². The molecule has 1 aliphatic heterocycles. The second-order valence-corrected chi connectivity index (χ2v) is 6.10. The highest BCUT2D eigenvalue weighted by molar-refractivity contribution is 5.97. The van der Waals surface area contributed by atoms with Gasteiger partial charge in [-0.15, -0.1) is 0 Å². The van der Waals surface area contributed by atoms with Gasteiger partial charge >= 0.3 is 0 Å². The van der Waals surface area contributed by atoms with Crippen molar-refractivity contribution in [2.75, 3.05) is 26.7 Å². The zero-order chi connectivity index (χ0) is 17.2. The van der Waals surface area contributed by atoms with Crippen LogP contribution in [0, 0.1) is 0 Å². The van der Waals surface area contributed by atoms with E-state index in [2.05, 4.69) is 15.3 Å². The molecule has 0 aliphatic carbocycles. The van der Waals surface area contributed by atoms with Crippen LogP contribution < -0.4 is 10.1 Å². The number of aromatic amines is 1. The number of methoxy groups -OCH3 is 1. The molecule has 25 heavy (non-hydrogen) atoms. The number of H-pyrrole nitrogens is 1. The first kappa shape index (κ1) is 15.7. The van der Waals surface area contributed by atoms with Crippen LogP contribution >= 0.6 is 0 Å². The number of benzene rings is 2. The molecule has 0 saturated carbocycles. The van der Waals surface area contributed by atoms with Crippen LogP contribution in [0.15, 0.2) is 48.5 Å². The molecule has 0 radical (unpaired) electrons. The number of aromatic nitrogens is 2. The molecule has 2 aromatic carbocycles. The molecular weight excluding hydrogens is 316 g/mol. The molecule has 1 aromatic heterocycles. The van der Waals surface area contributed by atoms with Crippen LogP contribution in [0.1, 0.15) is 22.2 Å². The number of fused-ring (bicyclic) bond motifs is 1. The standard InChI is InChI=1S/C19H20N4O2/c1-25-17-9-5-2-6-13(17)19(24)23-11-10-20-16(12-23)18-21-14-7-3-4-8-15(14)22-18/h2-9,16,20H,10-12H2,1H3,(H,21,22). The van der Waals surface area contributed by atoms with Crippen LogP contribution in [-0.4, -0.2) is 47.5 Å². The van der Waals surface area contributed by atoms with Crippen molar-refractivity contribution in [1.29, 1.82) is 0 Å². The maximum absolute atomic E-state index is 12.9. The highest BCUT2D eigenvalue weighted by Crippen LogP contribution is 2.23. The van der Waals surface area contributed by atoms with E-state index in [9.17, 15) is 4.79 Å². The number of ether oxygens (including phenoxy) is 1. The number of para-hydroxylation sites is 3. The Morgan fingerprint density at radius 2 is 2.00 bits per heavy atom. The lowest BCUT2D eigenvalue weighted by molar-refractivity contribution is 0.0697. The summed E-state index contributed by atoms with van der Waals surface area (Å²) < 4.78 is 5.33. The number of amides is 1. The van der Waals surface area contributed by atoms with Crippen molar-refractivity contribution in [2.45, 2.75) is 6.04 Å². The third kappa shape index (κ3) is 2.96. The molecule has 1 saturated heterocycles. The summed E-state index contributed by atoms with van der Waals surface area (Å²) in [5.74, 6) is 1.45. The number of imidazole rings is 1. The van der Waals surface area contributed by atoms with Gasteiger partial charge in [0, 0.05) is 19.6 Å². The zero-order valence-electron chi connectivity index (χ0n) is 14.0. The van der Waals surface area contributed by atoms with Crippen molar-refractivity contribution in [3.05, 3.63) is 59.9 Å². The van der Waals surface area contributed by atoms with E-state index in [0.717, 1.165) is 23.4 Å². The first-order valence-corrected chi connectivity index (χ1v) is 8.36. The van der Waals surface area contributed by atoms with Gasteiger partial charge in [-0.3, -0.25) is 4.79 Å². The molecule has 128 valence electrons. The fourth-order valence-corrected chi connectivity index (χ4v) is 3.25. The molecular formula is C19H20N4O2. The second kappa shape index (κ2) is 6.57. The van der Waals surface area contributed by atoms with Crippen LogP contribution in [0.4, 0.5) is 0 Å². The lowest BCUT2D eigenvalue weighted by atomic mass is 10.1. The molecule has 1 fully saturated rings. The number of hydrogen-bond acceptors (Lipinski definition) is 4. The summed E-state index contributed by atoms with van der Waals surface area (Å²) in [5.41, 5.74) is 2.54. The van der Waals surface area contributed by atoms with Gasteiger partial charge in [0.1, 0.15) is 11.6 Å². The lowest BCUT2D eigenvalue weighted by Crippen LogP contribution is -2.48. The van der Waals surface area contributed by atoms with E-state index in [1.54, 1.807) is 13.2 Å². The number of nitrogens with one attached hydrogen (secondary N) is 2. The molecule has 2 N–H and O–H groups in total. The van der Waals surface area contributed by atoms with Gasteiger partial charge in [-0.25, -0.2) is 4.98 Å². The minimum Gasteiger partial charge on any atom is -0.496 e. The van der Waals surface area contributed by atoms with E-state index in [4.69, 9.17) is 4.74 Å². The average Bonchev–Trinajstić information content (AvgIpc) is 3.12. The third-order valence-corrected chi connectivity index (χ3v) is 4.54. The summed E-state index contributed by atoms with van der Waals surface area (Å²) in [6.07, 6.45) is 0. The Hall–Kier alpha value is -2.86. The lowest BCUT2D eigenvalue weighted by Gasteiger charge is -2.33. The molecule has 3 aromatic rings. The Labute approximate surface area is 145 Å². The van der Waals surface area contributed by atoms with Crippen molar-refractivity contribution in [3.63, 3.8) is 0 Å². The summed E-state index contributed by atoms with van der Waals surface area (Å²) in [4.78, 5) is 22.8. The Bertz CT molecular complexity index is 872. The molecule has 0 spiro atoms. The average molecular weight is 336 g/mol. The minimum absolute atomic E-state index is 0.0138. The quantitative estimate of drug-likeness (QED) is 0.770. The van der Waals surface area contributed by atoms with Crippen molar-refractivity contribution >= 4 is 16.9 Å². The van der Waals surface area contributed by atoms with Crippen LogP contribution in [0.25, 0.3) is 11.0 Å². The summed E-state index contributed by atoms with van der Waals surface area (Å²) in [6, 6.07) is 15.3. The van der Waals surface area contributed by atoms with E-state index in [0.29, 0.717) is 24.4 Å². The van der Waals surface area contributed by atoms with Crippen LogP contribution in [0.2, 0.25) is 0 Å². The Morgan fingerprint density at radius 3 is 2.84 bits per heavy atom. The SMILES string of the molecule is COc1ccccc1C(=O)N1CCNC(c2nc3ccccc3[nH]2)C1. The molecule has 1 unspecified atom stereocenters. The van der Waals surface area contributed by atoms with E-state index >= 15 is 0 Å². The van der Waals surface area contributed by atoms with Crippen molar-refractivity contribution in [1.82, 2.24) is 20.2 Å². The molecule has 1 atom stereocenters. The van der Waals surface area contributed by atoms with Gasteiger partial charge in [0.25, 0.3) is 5.91 Å². The smallest absolute Gasteiger partial charge is 0.257 e. The molecule has 2 heterocycles. The van der Waals surface area contributed by atoms with E-state index in [1.807, 2.05) is 47.4 Å². The highest BCUT2D eigenvalue weighted by Gasteiger charge is 2.28. The highest BCUT2D eigenvalue weighted by atomic mass is 16.5. The predicted octanol–water partition coefficient (Wildman–Crippen LogP) is 2.36. The Balaban J connectivity index is 1.57. The van der Waals surface area contributed by atoms with Crippen molar-refractivity contribution < 1.29 is 9.53 Å². The number of hydrogen-bond donors (Lipinski definition) is 2. The Morgan fingerprint density at radius 1 is 1.20 bits per heavy atom. The number of carbonyl (C=O) groups is 1. The maximum Gasteiger partial charge on any atom is 0.257 e. The minimum atomic E-state index is -0.0141. The summed E-state index contributed by atoms with van der Waals surface area (Å²) in [5, 5.41) is 3.44. The second-order valence-electron chi connectivity index (χ2n) is 6.10. The third-order valence-electron chi connectivity index (χ3n) is 4.54. The van der Waals surface area contributed by atoms with Gasteiger partial charge in [-0.2, -0.15) is 0 Å². The van der Waals surface area contributed by atoms with E-state index in [1.165, 1.54) is 0 Å². The largest absolute Gasteiger partial charge is 0.496 e. The summed E-state index contributed by atoms with van der Waals surface area (Å²) in [7, 11) is 1.58. The maximum atomic E-state index is 12.9. The molecule has 1 aliphatic rings. The summed E-state index contributed by atoms with van der Waals surface area (Å²) >= 11 is 0. The molecule has 6 nitrogen and oxygen atoms in total. The normalized spacial score (nSPS) is 17.6. The number of nitrogens with zero attached hydrogens (tertiary/aromatic N) is 2. The number of rotatable bonds is 3. The van der Waals surface area contributed by atoms with Crippen molar-refractivity contribution in [2.24, 2.45) is 0 Å². The fourth-order valence-electron chi connectivity index (χ4n) is 3.25. The van der Waals surface area contributed by atoms with Crippen LogP contribution in [0.5, 0.6) is 5.75 Å². The zero-order valence-corrected chi connectivity index (χ0v) is 14.0. The van der Waals surface area contributed by atoms with Crippen LogP contribution in [0.3, 0.4) is 0 Å². The van der Waals surface area contributed by atoms with Gasteiger partial charge in [0.05, 0.1) is 29.7 Å². The van der Waals surface area contributed by atoms with Gasteiger partial charge in [-0.1, -0.05) is 24.3 Å². The van der Waals surface area contributed by atoms with E-state index in [-0.39, 0.29) is 11.9 Å². The first-order valence-electron chi connectivity index (χ1n) is 8.36. The summed E-state index contributed by atoms with van der Waals surface area (Å²) in [6.45, 7) is 1.95. The molecule has 6 heteroatoms. The van der Waals surface area contributed by atoms with Crippen LogP contribution in [-0.2, 0) is 0 Å². The molecule has 0 bridgehead atoms. The van der Waals surface area contributed by atoms with Crippen molar-refractivity contribution in [3.8, 4) is 5.75 Å². The van der Waals surface area contributed by atoms with E-state index < -0.39 is 0 Å². The monoisotopic (exact) mass is 336 g/mol. The topological polar surface area (TPSA) is 70.2 Å². The van der Waals surface area contributed by atoms with Gasteiger partial charge in [-0.05, 0) is 24.3 Å². The predicted molar refractivity (Wildman–Crippen MR) is 95.7 cm³/mol. The first-order chi connectivity index (χ1) is 12.3. The number of piperazine rings is 1. The molecule has 1 amide bonds. The Kier molecular flexibility index (Phi) is 4.11. The molecule has 4 rings (SSSR count). The number of carbonyl (C=O) groups excluding carboxylic acids is 1. The fraction of sp³-hybridized carbons (Fsp3) is 0.263. The van der Waals surface area contributed by atoms with Gasteiger partial charge in [0.15, 0.2) is 0 Å². The van der Waals surface area contributed by atoms with Gasteiger partial charge in [0.2, 0.25) is 0 Å².